The van der Waals surface area contributed by atoms with E-state index in [1.165, 1.54) is 0 Å². The molecule has 3 rings (SSSR count). The highest BCUT2D eigenvalue weighted by Gasteiger charge is 2.34. The number of carbonyl (C=O) groups excluding carboxylic acids is 3. The third-order valence-corrected chi connectivity index (χ3v) is 5.25. The minimum Gasteiger partial charge on any atom is -0.339 e. The van der Waals surface area contributed by atoms with Crippen LogP contribution >= 0.6 is 0 Å². The Labute approximate surface area is 171 Å². The van der Waals surface area contributed by atoms with Gasteiger partial charge in [-0.25, -0.2) is 0 Å². The predicted octanol–water partition coefficient (Wildman–Crippen LogP) is 3.16. The van der Waals surface area contributed by atoms with Gasteiger partial charge in [0.1, 0.15) is 0 Å². The van der Waals surface area contributed by atoms with Crippen LogP contribution in [0.15, 0.2) is 54.6 Å². The summed E-state index contributed by atoms with van der Waals surface area (Å²) in [4.78, 5) is 40.7. The average Bonchev–Trinajstić information content (AvgIpc) is 3.10. The molecule has 0 radical (unpaired) electrons. The number of anilines is 1. The Bertz CT molecular complexity index is 861. The van der Waals surface area contributed by atoms with E-state index in [0.717, 1.165) is 5.56 Å². The van der Waals surface area contributed by atoms with Crippen LogP contribution < -0.4 is 5.32 Å². The van der Waals surface area contributed by atoms with Crippen LogP contribution in [-0.2, 0) is 16.1 Å². The molecule has 1 atom stereocenters. The van der Waals surface area contributed by atoms with Crippen LogP contribution in [-0.4, -0.2) is 47.2 Å². The quantitative estimate of drug-likeness (QED) is 0.786. The predicted molar refractivity (Wildman–Crippen MR) is 112 cm³/mol. The lowest BCUT2D eigenvalue weighted by Crippen LogP contribution is -2.30. The third-order valence-electron chi connectivity index (χ3n) is 5.25. The Morgan fingerprint density at radius 2 is 1.69 bits per heavy atom. The van der Waals surface area contributed by atoms with E-state index in [9.17, 15) is 14.4 Å². The minimum absolute atomic E-state index is 0.00540. The molecule has 1 N–H and O–H groups in total. The Morgan fingerprint density at radius 3 is 2.31 bits per heavy atom. The summed E-state index contributed by atoms with van der Waals surface area (Å²) in [6.45, 7) is 6.13. The summed E-state index contributed by atoms with van der Waals surface area (Å²) in [5.74, 6) is -0.570. The molecule has 0 saturated carbocycles. The van der Waals surface area contributed by atoms with Crippen molar-refractivity contribution in [3.8, 4) is 0 Å². The SMILES string of the molecule is CCN(CC)C(=O)c1ccc(NC(=O)[C@H]2CC(=O)N(Cc3ccccc3)C2)cc1. The molecule has 0 unspecified atom stereocenters. The van der Waals surface area contributed by atoms with Crippen molar-refractivity contribution in [2.45, 2.75) is 26.8 Å². The number of nitrogens with zero attached hydrogens (tertiary/aromatic N) is 2. The van der Waals surface area contributed by atoms with E-state index in [-0.39, 0.29) is 30.1 Å². The van der Waals surface area contributed by atoms with Crippen molar-refractivity contribution in [3.05, 3.63) is 65.7 Å². The zero-order valence-corrected chi connectivity index (χ0v) is 16.9. The molecule has 1 heterocycles. The van der Waals surface area contributed by atoms with Crippen molar-refractivity contribution >= 4 is 23.4 Å². The van der Waals surface area contributed by atoms with Gasteiger partial charge in [0.05, 0.1) is 5.92 Å². The lowest BCUT2D eigenvalue weighted by Gasteiger charge is -2.19. The van der Waals surface area contributed by atoms with E-state index in [1.54, 1.807) is 34.1 Å². The van der Waals surface area contributed by atoms with E-state index in [1.807, 2.05) is 44.2 Å². The van der Waals surface area contributed by atoms with Crippen LogP contribution in [0.2, 0.25) is 0 Å². The number of amides is 3. The van der Waals surface area contributed by atoms with Crippen LogP contribution in [0.5, 0.6) is 0 Å². The van der Waals surface area contributed by atoms with E-state index in [0.29, 0.717) is 37.4 Å². The van der Waals surface area contributed by atoms with Gasteiger partial charge in [0.15, 0.2) is 0 Å². The van der Waals surface area contributed by atoms with Crippen molar-refractivity contribution in [2.24, 2.45) is 5.92 Å². The smallest absolute Gasteiger partial charge is 0.253 e. The van der Waals surface area contributed by atoms with Gasteiger partial charge in [0, 0.05) is 43.9 Å². The molecule has 6 heteroatoms. The monoisotopic (exact) mass is 393 g/mol. The zero-order valence-electron chi connectivity index (χ0n) is 16.9. The molecule has 0 aliphatic carbocycles. The first kappa shape index (κ1) is 20.6. The second-order valence-electron chi connectivity index (χ2n) is 7.20. The number of nitrogens with one attached hydrogen (secondary N) is 1. The molecule has 0 bridgehead atoms. The number of likely N-dealkylation sites (tertiary alicyclic amines) is 1. The molecule has 29 heavy (non-hydrogen) atoms. The van der Waals surface area contributed by atoms with Crippen molar-refractivity contribution in [2.75, 3.05) is 25.0 Å². The topological polar surface area (TPSA) is 69.7 Å². The summed E-state index contributed by atoms with van der Waals surface area (Å²) in [7, 11) is 0. The van der Waals surface area contributed by atoms with Crippen LogP contribution in [0.3, 0.4) is 0 Å². The van der Waals surface area contributed by atoms with Crippen LogP contribution in [0.4, 0.5) is 5.69 Å². The summed E-state index contributed by atoms with van der Waals surface area (Å²) in [6, 6.07) is 16.7. The van der Waals surface area contributed by atoms with Gasteiger partial charge < -0.3 is 15.1 Å². The maximum Gasteiger partial charge on any atom is 0.253 e. The first-order valence-electron chi connectivity index (χ1n) is 10.0. The lowest BCUT2D eigenvalue weighted by molar-refractivity contribution is -0.128. The second-order valence-corrected chi connectivity index (χ2v) is 7.20. The zero-order chi connectivity index (χ0) is 20.8. The van der Waals surface area contributed by atoms with Crippen LogP contribution in [0.25, 0.3) is 0 Å². The van der Waals surface area contributed by atoms with Crippen molar-refractivity contribution in [1.29, 1.82) is 0 Å². The normalized spacial score (nSPS) is 16.0. The van der Waals surface area contributed by atoms with Gasteiger partial charge >= 0.3 is 0 Å². The molecule has 0 aromatic heterocycles. The average molecular weight is 393 g/mol. The first-order valence-corrected chi connectivity index (χ1v) is 10.0. The molecule has 1 aliphatic rings. The highest BCUT2D eigenvalue weighted by atomic mass is 16.2. The molecular weight excluding hydrogens is 366 g/mol. The van der Waals surface area contributed by atoms with Gasteiger partial charge in [-0.15, -0.1) is 0 Å². The molecule has 2 aromatic rings. The lowest BCUT2D eigenvalue weighted by atomic mass is 10.1. The van der Waals surface area contributed by atoms with Crippen molar-refractivity contribution in [3.63, 3.8) is 0 Å². The highest BCUT2D eigenvalue weighted by molar-refractivity contribution is 5.98. The summed E-state index contributed by atoms with van der Waals surface area (Å²) >= 11 is 0. The molecule has 1 saturated heterocycles. The van der Waals surface area contributed by atoms with E-state index in [2.05, 4.69) is 5.32 Å². The summed E-state index contributed by atoms with van der Waals surface area (Å²) < 4.78 is 0. The molecular formula is C23H27N3O3. The highest BCUT2D eigenvalue weighted by Crippen LogP contribution is 2.22. The maximum atomic E-state index is 12.6. The van der Waals surface area contributed by atoms with E-state index >= 15 is 0 Å². The number of benzene rings is 2. The summed E-state index contributed by atoms with van der Waals surface area (Å²) in [6.07, 6.45) is 0.219. The van der Waals surface area contributed by atoms with Gasteiger partial charge in [-0.1, -0.05) is 30.3 Å². The summed E-state index contributed by atoms with van der Waals surface area (Å²) in [5, 5.41) is 2.87. The minimum atomic E-state index is -0.372. The first-order chi connectivity index (χ1) is 14.0. The Balaban J connectivity index is 1.57. The van der Waals surface area contributed by atoms with E-state index in [4.69, 9.17) is 0 Å². The Kier molecular flexibility index (Phi) is 6.65. The molecule has 3 amide bonds. The number of hydrogen-bond donors (Lipinski definition) is 1. The molecule has 1 fully saturated rings. The van der Waals surface area contributed by atoms with Gasteiger partial charge in [0.25, 0.3) is 5.91 Å². The summed E-state index contributed by atoms with van der Waals surface area (Å²) in [5.41, 5.74) is 2.27. The Morgan fingerprint density at radius 1 is 1.03 bits per heavy atom. The van der Waals surface area contributed by atoms with Gasteiger partial charge in [-0.3, -0.25) is 14.4 Å². The number of rotatable bonds is 7. The van der Waals surface area contributed by atoms with Gasteiger partial charge in [-0.2, -0.15) is 0 Å². The maximum absolute atomic E-state index is 12.6. The Hall–Kier alpha value is -3.15. The molecule has 1 aliphatic heterocycles. The van der Waals surface area contributed by atoms with Gasteiger partial charge in [-0.05, 0) is 43.7 Å². The number of carbonyl (C=O) groups is 3. The second kappa shape index (κ2) is 9.37. The van der Waals surface area contributed by atoms with Gasteiger partial charge in [0.2, 0.25) is 11.8 Å². The fourth-order valence-corrected chi connectivity index (χ4v) is 3.54. The van der Waals surface area contributed by atoms with Crippen molar-refractivity contribution in [1.82, 2.24) is 9.80 Å². The van der Waals surface area contributed by atoms with Crippen LogP contribution in [0.1, 0.15) is 36.2 Å². The fourth-order valence-electron chi connectivity index (χ4n) is 3.54. The van der Waals surface area contributed by atoms with Crippen LogP contribution in [0, 0.1) is 5.92 Å². The molecule has 2 aromatic carbocycles. The molecule has 152 valence electrons. The van der Waals surface area contributed by atoms with Crippen molar-refractivity contribution < 1.29 is 14.4 Å². The molecule has 6 nitrogen and oxygen atoms in total. The van der Waals surface area contributed by atoms with E-state index < -0.39 is 0 Å². The standard InChI is InChI=1S/C23H27N3O3/c1-3-25(4-2)23(29)18-10-12-20(13-11-18)24-22(28)19-14-21(27)26(16-19)15-17-8-6-5-7-9-17/h5-13,19H,3-4,14-16H2,1-2H3,(H,24,28)/t19-/m0/s1. The third kappa shape index (κ3) is 5.02. The largest absolute Gasteiger partial charge is 0.339 e. The fraction of sp³-hybridized carbons (Fsp3) is 0.348. The molecule has 0 spiro atoms. The number of hydrogen-bond acceptors (Lipinski definition) is 3.